The molecule has 1 aromatic carbocycles. The lowest BCUT2D eigenvalue weighted by atomic mass is 10.2. The highest BCUT2D eigenvalue weighted by Gasteiger charge is 2.15. The van der Waals surface area contributed by atoms with Gasteiger partial charge in [0, 0.05) is 13.0 Å². The minimum absolute atomic E-state index is 0.645. The quantitative estimate of drug-likeness (QED) is 0.727. The summed E-state index contributed by atoms with van der Waals surface area (Å²) >= 11 is 8.20. The SMILES string of the molecule is CSCCCCCNCc1cc(Cl)c2c(c1)OCCCO2. The van der Waals surface area contributed by atoms with Gasteiger partial charge in [0.2, 0.25) is 0 Å². The van der Waals surface area contributed by atoms with Gasteiger partial charge in [-0.1, -0.05) is 18.0 Å². The fourth-order valence-corrected chi connectivity index (χ4v) is 3.07. The van der Waals surface area contributed by atoms with Crippen molar-refractivity contribution >= 4 is 23.4 Å². The summed E-state index contributed by atoms with van der Waals surface area (Å²) in [6, 6.07) is 4.00. The molecule has 2 rings (SSSR count). The second-order valence-electron chi connectivity index (χ2n) is 5.19. The van der Waals surface area contributed by atoms with Crippen LogP contribution in [0.2, 0.25) is 5.02 Å². The smallest absolute Gasteiger partial charge is 0.179 e. The first-order valence-electron chi connectivity index (χ1n) is 7.59. The molecule has 5 heteroatoms. The standard InChI is InChI=1S/C16H24ClNO2S/c1-21-9-4-2-3-6-18-12-13-10-14(17)16-15(11-13)19-7-5-8-20-16/h10-11,18H,2-9,12H2,1H3. The zero-order valence-corrected chi connectivity index (χ0v) is 14.2. The summed E-state index contributed by atoms with van der Waals surface area (Å²) < 4.78 is 11.3. The number of benzene rings is 1. The number of fused-ring (bicyclic) bond motifs is 1. The Balaban J connectivity index is 1.78. The monoisotopic (exact) mass is 329 g/mol. The van der Waals surface area contributed by atoms with Crippen molar-refractivity contribution in [1.29, 1.82) is 0 Å². The highest BCUT2D eigenvalue weighted by Crippen LogP contribution is 2.37. The fraction of sp³-hybridized carbons (Fsp3) is 0.625. The lowest BCUT2D eigenvalue weighted by Crippen LogP contribution is -2.14. The molecule has 1 heterocycles. The molecule has 21 heavy (non-hydrogen) atoms. The van der Waals surface area contributed by atoms with Gasteiger partial charge in [0.15, 0.2) is 11.5 Å². The molecule has 0 fully saturated rings. The summed E-state index contributed by atoms with van der Waals surface area (Å²) in [6.45, 7) is 3.22. The van der Waals surface area contributed by atoms with Gasteiger partial charge in [0.25, 0.3) is 0 Å². The van der Waals surface area contributed by atoms with Crippen molar-refractivity contribution in [3.8, 4) is 11.5 Å². The molecule has 0 spiro atoms. The summed E-state index contributed by atoms with van der Waals surface area (Å²) in [5.41, 5.74) is 1.15. The third-order valence-corrected chi connectivity index (χ3v) is 4.37. The minimum atomic E-state index is 0.645. The number of hydrogen-bond acceptors (Lipinski definition) is 4. The van der Waals surface area contributed by atoms with E-state index in [0.717, 1.165) is 30.8 Å². The van der Waals surface area contributed by atoms with Gasteiger partial charge in [0.05, 0.1) is 18.2 Å². The third-order valence-electron chi connectivity index (χ3n) is 3.39. The fourth-order valence-electron chi connectivity index (χ4n) is 2.29. The van der Waals surface area contributed by atoms with E-state index in [1.165, 1.54) is 25.0 Å². The molecule has 3 nitrogen and oxygen atoms in total. The Bertz CT molecular complexity index is 443. The molecule has 118 valence electrons. The second-order valence-corrected chi connectivity index (χ2v) is 6.58. The van der Waals surface area contributed by atoms with Crippen molar-refractivity contribution < 1.29 is 9.47 Å². The summed E-state index contributed by atoms with van der Waals surface area (Å²) in [5.74, 6) is 2.73. The highest BCUT2D eigenvalue weighted by atomic mass is 35.5. The summed E-state index contributed by atoms with van der Waals surface area (Å²) in [7, 11) is 0. The normalized spacial score (nSPS) is 14.0. The number of nitrogens with one attached hydrogen (secondary N) is 1. The molecule has 0 atom stereocenters. The molecule has 1 aliphatic heterocycles. The largest absolute Gasteiger partial charge is 0.489 e. The summed E-state index contributed by atoms with van der Waals surface area (Å²) in [5, 5.41) is 4.11. The lowest BCUT2D eigenvalue weighted by Gasteiger charge is -2.12. The van der Waals surface area contributed by atoms with Gasteiger partial charge in [-0.15, -0.1) is 0 Å². The second kappa shape index (κ2) is 9.44. The molecule has 0 unspecified atom stereocenters. The van der Waals surface area contributed by atoms with Gasteiger partial charge < -0.3 is 14.8 Å². The lowest BCUT2D eigenvalue weighted by molar-refractivity contribution is 0.297. The zero-order chi connectivity index (χ0) is 14.9. The number of ether oxygens (including phenoxy) is 2. The van der Waals surface area contributed by atoms with Crippen molar-refractivity contribution in [2.45, 2.75) is 32.2 Å². The van der Waals surface area contributed by atoms with E-state index in [1.807, 2.05) is 23.9 Å². The molecule has 0 aromatic heterocycles. The Hall–Kier alpha value is -0.580. The molecule has 0 amide bonds. The molecule has 0 radical (unpaired) electrons. The van der Waals surface area contributed by atoms with Crippen LogP contribution in [0.3, 0.4) is 0 Å². The number of unbranched alkanes of at least 4 members (excludes halogenated alkanes) is 2. The molecule has 0 aliphatic carbocycles. The number of rotatable bonds is 8. The van der Waals surface area contributed by atoms with Gasteiger partial charge in [-0.05, 0) is 49.1 Å². The van der Waals surface area contributed by atoms with Crippen molar-refractivity contribution in [1.82, 2.24) is 5.32 Å². The molecular formula is C16H24ClNO2S. The highest BCUT2D eigenvalue weighted by molar-refractivity contribution is 7.98. The summed E-state index contributed by atoms with van der Waals surface area (Å²) in [6.07, 6.45) is 6.87. The van der Waals surface area contributed by atoms with Crippen LogP contribution in [0, 0.1) is 0 Å². The van der Waals surface area contributed by atoms with E-state index in [4.69, 9.17) is 21.1 Å². The Kier molecular flexibility index (Phi) is 7.54. The Morgan fingerprint density at radius 2 is 2.05 bits per heavy atom. The molecular weight excluding hydrogens is 306 g/mol. The number of thioether (sulfide) groups is 1. The van der Waals surface area contributed by atoms with E-state index < -0.39 is 0 Å². The molecule has 0 saturated heterocycles. The van der Waals surface area contributed by atoms with Crippen LogP contribution in [-0.4, -0.2) is 31.8 Å². The Labute approximate surface area is 136 Å². The van der Waals surface area contributed by atoms with E-state index in [1.54, 1.807) is 0 Å². The van der Waals surface area contributed by atoms with Crippen LogP contribution < -0.4 is 14.8 Å². The van der Waals surface area contributed by atoms with Crippen LogP contribution in [0.5, 0.6) is 11.5 Å². The van der Waals surface area contributed by atoms with Gasteiger partial charge in [-0.25, -0.2) is 0 Å². The van der Waals surface area contributed by atoms with Gasteiger partial charge in [-0.3, -0.25) is 0 Å². The minimum Gasteiger partial charge on any atom is -0.489 e. The van der Waals surface area contributed by atoms with E-state index in [2.05, 4.69) is 11.6 Å². The third kappa shape index (κ3) is 5.61. The van der Waals surface area contributed by atoms with Crippen LogP contribution in [-0.2, 0) is 6.54 Å². The van der Waals surface area contributed by atoms with Crippen molar-refractivity contribution in [3.05, 3.63) is 22.7 Å². The van der Waals surface area contributed by atoms with E-state index in [-0.39, 0.29) is 0 Å². The van der Waals surface area contributed by atoms with Crippen molar-refractivity contribution in [2.24, 2.45) is 0 Å². The van der Waals surface area contributed by atoms with Crippen LogP contribution in [0.4, 0.5) is 0 Å². The maximum atomic E-state index is 6.28. The van der Waals surface area contributed by atoms with Crippen LogP contribution in [0.15, 0.2) is 12.1 Å². The Morgan fingerprint density at radius 1 is 1.19 bits per heavy atom. The van der Waals surface area contributed by atoms with Crippen LogP contribution >= 0.6 is 23.4 Å². The van der Waals surface area contributed by atoms with Crippen molar-refractivity contribution in [2.75, 3.05) is 31.8 Å². The first kappa shape index (κ1) is 16.8. The number of hydrogen-bond donors (Lipinski definition) is 1. The summed E-state index contributed by atoms with van der Waals surface area (Å²) in [4.78, 5) is 0. The zero-order valence-electron chi connectivity index (χ0n) is 12.6. The van der Waals surface area contributed by atoms with Gasteiger partial charge in [-0.2, -0.15) is 11.8 Å². The van der Waals surface area contributed by atoms with E-state index in [0.29, 0.717) is 24.0 Å². The van der Waals surface area contributed by atoms with Crippen LogP contribution in [0.1, 0.15) is 31.2 Å². The molecule has 1 N–H and O–H groups in total. The Morgan fingerprint density at radius 3 is 2.90 bits per heavy atom. The van der Waals surface area contributed by atoms with Crippen LogP contribution in [0.25, 0.3) is 0 Å². The first-order valence-corrected chi connectivity index (χ1v) is 9.36. The molecule has 1 aliphatic rings. The predicted molar refractivity (Wildman–Crippen MR) is 91.0 cm³/mol. The molecule has 1 aromatic rings. The molecule has 0 saturated carbocycles. The van der Waals surface area contributed by atoms with Gasteiger partial charge in [0.1, 0.15) is 0 Å². The average molecular weight is 330 g/mol. The van der Waals surface area contributed by atoms with E-state index in [9.17, 15) is 0 Å². The number of halogens is 1. The molecule has 0 bridgehead atoms. The topological polar surface area (TPSA) is 30.5 Å². The maximum Gasteiger partial charge on any atom is 0.179 e. The van der Waals surface area contributed by atoms with Crippen molar-refractivity contribution in [3.63, 3.8) is 0 Å². The average Bonchev–Trinajstić information content (AvgIpc) is 2.72. The maximum absolute atomic E-state index is 6.28. The van der Waals surface area contributed by atoms with E-state index >= 15 is 0 Å². The van der Waals surface area contributed by atoms with Gasteiger partial charge >= 0.3 is 0 Å². The predicted octanol–water partition coefficient (Wildman–Crippen LogP) is 4.12. The first-order chi connectivity index (χ1) is 10.3.